The molecule has 0 bridgehead atoms. The van der Waals surface area contributed by atoms with Gasteiger partial charge >= 0.3 is 10.1 Å². The molecule has 0 amide bonds. The van der Waals surface area contributed by atoms with Crippen LogP contribution in [0.5, 0.6) is 0 Å². The number of likely N-dealkylation sites (N-methyl/N-ethyl adjacent to an activating group) is 1. The molecule has 0 aromatic carbocycles. The van der Waals surface area contributed by atoms with Crippen LogP contribution < -0.4 is 5.32 Å². The third kappa shape index (κ3) is 1.73. The predicted molar refractivity (Wildman–Crippen MR) is 38.4 cm³/mol. The van der Waals surface area contributed by atoms with Gasteiger partial charge in [0.25, 0.3) is 10.8 Å². The summed E-state index contributed by atoms with van der Waals surface area (Å²) in [5.74, 6) is -3.11. The second kappa shape index (κ2) is 2.91. The molecule has 12 heavy (non-hydrogen) atoms. The van der Waals surface area contributed by atoms with Crippen LogP contribution in [0.2, 0.25) is 0 Å². The van der Waals surface area contributed by atoms with Gasteiger partial charge in [-0.3, -0.25) is 9.87 Å². The van der Waals surface area contributed by atoms with Gasteiger partial charge in [-0.15, -0.1) is 0 Å². The van der Waals surface area contributed by atoms with E-state index in [0.29, 0.717) is 6.92 Å². The summed E-state index contributed by atoms with van der Waals surface area (Å²) in [6, 6.07) is 0. The van der Waals surface area contributed by atoms with E-state index in [2.05, 4.69) is 0 Å². The minimum atomic E-state index is -4.98. The van der Waals surface area contributed by atoms with Gasteiger partial charge in [-0.25, -0.2) is 0 Å². The Morgan fingerprint density at radius 2 is 1.58 bits per heavy atom. The molecule has 8 heteroatoms. The largest absolute Gasteiger partial charge is 0.367 e. The monoisotopic (exact) mass is 201 g/mol. The van der Waals surface area contributed by atoms with E-state index in [1.54, 1.807) is 5.32 Å². The molecule has 5 N–H and O–H groups in total. The highest BCUT2D eigenvalue weighted by Crippen LogP contribution is 2.21. The molecule has 0 aromatic rings. The molecule has 0 fully saturated rings. The van der Waals surface area contributed by atoms with Gasteiger partial charge in [0.15, 0.2) is 0 Å². The van der Waals surface area contributed by atoms with E-state index in [9.17, 15) is 8.42 Å². The normalized spacial score (nSPS) is 18.8. The fraction of sp³-hybridized carbons (Fsp3) is 1.00. The molecule has 0 heterocycles. The van der Waals surface area contributed by atoms with Crippen LogP contribution in [0.4, 0.5) is 0 Å². The average Bonchev–Trinajstić information content (AvgIpc) is 1.85. The maximum Gasteiger partial charge on any atom is 0.301 e. The predicted octanol–water partition coefficient (Wildman–Crippen LogP) is -2.56. The number of rotatable bonds is 3. The van der Waals surface area contributed by atoms with Crippen molar-refractivity contribution in [2.75, 3.05) is 7.05 Å². The van der Waals surface area contributed by atoms with Crippen LogP contribution in [0, 0.1) is 0 Å². The summed E-state index contributed by atoms with van der Waals surface area (Å²) in [6.07, 6.45) is 0. The summed E-state index contributed by atoms with van der Waals surface area (Å²) < 4.78 is 29.2. The summed E-state index contributed by atoms with van der Waals surface area (Å²) in [7, 11) is -3.98. The second-order valence-electron chi connectivity index (χ2n) is 2.38. The average molecular weight is 201 g/mol. The van der Waals surface area contributed by atoms with Crippen molar-refractivity contribution in [2.45, 2.75) is 17.8 Å². The van der Waals surface area contributed by atoms with Crippen molar-refractivity contribution < 1.29 is 28.3 Å². The highest BCUT2D eigenvalue weighted by Gasteiger charge is 2.53. The lowest BCUT2D eigenvalue weighted by molar-refractivity contribution is -0.254. The van der Waals surface area contributed by atoms with E-state index < -0.39 is 21.0 Å². The molecular weight excluding hydrogens is 190 g/mol. The highest BCUT2D eigenvalue weighted by molar-refractivity contribution is 7.87. The van der Waals surface area contributed by atoms with Gasteiger partial charge in [0.05, 0.1) is 0 Å². The topological polar surface area (TPSA) is 127 Å². The number of nitrogens with one attached hydrogen (secondary N) is 1. The molecule has 0 saturated carbocycles. The van der Waals surface area contributed by atoms with Crippen molar-refractivity contribution in [2.24, 2.45) is 0 Å². The Morgan fingerprint density at radius 1 is 1.25 bits per heavy atom. The van der Waals surface area contributed by atoms with Crippen LogP contribution in [0.15, 0.2) is 0 Å². The van der Waals surface area contributed by atoms with Crippen LogP contribution in [0.3, 0.4) is 0 Å². The molecule has 7 nitrogen and oxygen atoms in total. The van der Waals surface area contributed by atoms with Crippen molar-refractivity contribution in [3.05, 3.63) is 0 Å². The van der Waals surface area contributed by atoms with Gasteiger partial charge in [0.1, 0.15) is 0 Å². The Labute approximate surface area is 69.4 Å². The van der Waals surface area contributed by atoms with Crippen LogP contribution in [0.1, 0.15) is 6.92 Å². The SMILES string of the molecule is CNC(O)(O)C(C)(O)S(=O)(=O)O. The zero-order chi connectivity index (χ0) is 10.2. The molecular formula is C4H11NO6S. The zero-order valence-electron chi connectivity index (χ0n) is 6.51. The van der Waals surface area contributed by atoms with E-state index in [4.69, 9.17) is 19.9 Å². The lowest BCUT2D eigenvalue weighted by atomic mass is 10.3. The third-order valence-corrected chi connectivity index (χ3v) is 2.79. The molecule has 0 aliphatic rings. The summed E-state index contributed by atoms with van der Waals surface area (Å²) in [6.45, 7) is 0.541. The summed E-state index contributed by atoms with van der Waals surface area (Å²) >= 11 is 0. The van der Waals surface area contributed by atoms with Gasteiger partial charge in [-0.2, -0.15) is 8.42 Å². The Balaban J connectivity index is 5.13. The molecule has 1 atom stereocenters. The quantitative estimate of drug-likeness (QED) is 0.251. The smallest absolute Gasteiger partial charge is 0.301 e. The lowest BCUT2D eigenvalue weighted by Gasteiger charge is -2.32. The number of hydrogen-bond donors (Lipinski definition) is 5. The first-order chi connectivity index (χ1) is 5.06. The first-order valence-electron chi connectivity index (χ1n) is 2.89. The third-order valence-electron chi connectivity index (χ3n) is 1.50. The van der Waals surface area contributed by atoms with E-state index in [-0.39, 0.29) is 0 Å². The Kier molecular flexibility index (Phi) is 2.85. The van der Waals surface area contributed by atoms with Gasteiger partial charge in [-0.05, 0) is 14.0 Å². The molecule has 0 aliphatic heterocycles. The van der Waals surface area contributed by atoms with Crippen LogP contribution in [-0.4, -0.2) is 46.2 Å². The second-order valence-corrected chi connectivity index (χ2v) is 4.13. The van der Waals surface area contributed by atoms with Crippen molar-refractivity contribution >= 4 is 10.1 Å². The Bertz CT molecular complexity index is 255. The van der Waals surface area contributed by atoms with Crippen LogP contribution in [-0.2, 0) is 10.1 Å². The molecule has 0 rings (SSSR count). The highest BCUT2D eigenvalue weighted by atomic mass is 32.2. The van der Waals surface area contributed by atoms with E-state index in [1.165, 1.54) is 0 Å². The van der Waals surface area contributed by atoms with E-state index in [1.807, 2.05) is 0 Å². The minimum Gasteiger partial charge on any atom is -0.367 e. The van der Waals surface area contributed by atoms with Gasteiger partial charge < -0.3 is 15.3 Å². The summed E-state index contributed by atoms with van der Waals surface area (Å²) in [5.41, 5.74) is 0. The molecule has 0 radical (unpaired) electrons. The summed E-state index contributed by atoms with van der Waals surface area (Å²) in [5, 5.41) is 28.4. The summed E-state index contributed by atoms with van der Waals surface area (Å²) in [4.78, 5) is -3.09. The maximum atomic E-state index is 10.4. The number of aliphatic hydroxyl groups is 3. The number of hydrogen-bond acceptors (Lipinski definition) is 6. The standard InChI is InChI=1S/C4H11NO6S/c1-3(6,12(9,10)11)4(7,8)5-2/h5-8H,1-2H3,(H,9,10,11). The molecule has 1 unspecified atom stereocenters. The Morgan fingerprint density at radius 3 is 1.67 bits per heavy atom. The van der Waals surface area contributed by atoms with E-state index in [0.717, 1.165) is 7.05 Å². The fourth-order valence-electron chi connectivity index (χ4n) is 0.412. The van der Waals surface area contributed by atoms with Gasteiger partial charge in [-0.1, -0.05) is 0 Å². The minimum absolute atomic E-state index is 0.541. The fourth-order valence-corrected chi connectivity index (χ4v) is 0.874. The molecule has 74 valence electrons. The zero-order valence-corrected chi connectivity index (χ0v) is 7.33. The first-order valence-corrected chi connectivity index (χ1v) is 4.33. The maximum absolute atomic E-state index is 10.4. The molecule has 0 saturated heterocycles. The van der Waals surface area contributed by atoms with E-state index >= 15 is 0 Å². The van der Waals surface area contributed by atoms with Crippen LogP contribution >= 0.6 is 0 Å². The first kappa shape index (κ1) is 11.8. The van der Waals surface area contributed by atoms with Gasteiger partial charge in [0, 0.05) is 0 Å². The van der Waals surface area contributed by atoms with Crippen molar-refractivity contribution in [1.29, 1.82) is 0 Å². The Hall–Kier alpha value is -0.250. The van der Waals surface area contributed by atoms with Crippen molar-refractivity contribution in [3.8, 4) is 0 Å². The molecule has 0 spiro atoms. The van der Waals surface area contributed by atoms with Crippen LogP contribution in [0.25, 0.3) is 0 Å². The van der Waals surface area contributed by atoms with Crippen molar-refractivity contribution in [1.82, 2.24) is 5.32 Å². The van der Waals surface area contributed by atoms with Gasteiger partial charge in [0.2, 0.25) is 0 Å². The molecule has 0 aliphatic carbocycles. The lowest BCUT2D eigenvalue weighted by Crippen LogP contribution is -2.64. The van der Waals surface area contributed by atoms with Crippen molar-refractivity contribution in [3.63, 3.8) is 0 Å². The molecule has 0 aromatic heterocycles.